The molecule has 4 nitrogen and oxygen atoms in total. The van der Waals surface area contributed by atoms with Crippen molar-refractivity contribution >= 4 is 5.91 Å². The second-order valence-electron chi connectivity index (χ2n) is 6.38. The van der Waals surface area contributed by atoms with E-state index >= 15 is 0 Å². The Morgan fingerprint density at radius 3 is 2.78 bits per heavy atom. The average molecular weight is 312 g/mol. The van der Waals surface area contributed by atoms with Crippen molar-refractivity contribution in [3.05, 3.63) is 59.5 Å². The molecular weight excluding hydrogens is 288 g/mol. The van der Waals surface area contributed by atoms with Gasteiger partial charge in [0.2, 0.25) is 0 Å². The van der Waals surface area contributed by atoms with Crippen LogP contribution in [-0.4, -0.2) is 30.4 Å². The molecule has 0 atom stereocenters. The van der Waals surface area contributed by atoms with Crippen LogP contribution in [-0.2, 0) is 6.54 Å². The monoisotopic (exact) mass is 312 g/mol. The van der Waals surface area contributed by atoms with Crippen LogP contribution in [0.2, 0.25) is 0 Å². The van der Waals surface area contributed by atoms with Gasteiger partial charge in [-0.2, -0.15) is 0 Å². The highest BCUT2D eigenvalue weighted by atomic mass is 16.3. The molecule has 122 valence electrons. The van der Waals surface area contributed by atoms with Crippen LogP contribution in [0, 0.1) is 12.8 Å². The number of likely N-dealkylation sites (tertiary alicyclic amines) is 1. The Kier molecular flexibility index (Phi) is 5.13. The maximum atomic E-state index is 12.2. The number of furan rings is 1. The van der Waals surface area contributed by atoms with Gasteiger partial charge in [-0.3, -0.25) is 9.69 Å². The first-order valence-electron chi connectivity index (χ1n) is 8.30. The molecule has 1 aliphatic heterocycles. The van der Waals surface area contributed by atoms with Crippen molar-refractivity contribution in [3.63, 3.8) is 0 Å². The number of piperidine rings is 1. The van der Waals surface area contributed by atoms with Crippen LogP contribution in [0.15, 0.2) is 47.1 Å². The predicted octanol–water partition coefficient (Wildman–Crippen LogP) is 3.23. The SMILES string of the molecule is Cc1cccc(C(=O)NCC2CCN(Cc3ccco3)CC2)c1. The number of hydrogen-bond acceptors (Lipinski definition) is 3. The summed E-state index contributed by atoms with van der Waals surface area (Å²) in [6.07, 6.45) is 3.96. The summed E-state index contributed by atoms with van der Waals surface area (Å²) in [5.74, 6) is 1.62. The van der Waals surface area contributed by atoms with Gasteiger partial charge in [0.1, 0.15) is 5.76 Å². The second kappa shape index (κ2) is 7.47. The quantitative estimate of drug-likeness (QED) is 0.922. The summed E-state index contributed by atoms with van der Waals surface area (Å²) < 4.78 is 5.40. The lowest BCUT2D eigenvalue weighted by Gasteiger charge is -2.31. The highest BCUT2D eigenvalue weighted by Crippen LogP contribution is 2.18. The zero-order chi connectivity index (χ0) is 16.1. The van der Waals surface area contributed by atoms with E-state index in [1.54, 1.807) is 6.26 Å². The molecule has 0 unspecified atom stereocenters. The van der Waals surface area contributed by atoms with E-state index in [0.29, 0.717) is 5.92 Å². The highest BCUT2D eigenvalue weighted by molar-refractivity contribution is 5.94. The first-order chi connectivity index (χ1) is 11.2. The van der Waals surface area contributed by atoms with Crippen LogP contribution >= 0.6 is 0 Å². The van der Waals surface area contributed by atoms with Gasteiger partial charge >= 0.3 is 0 Å². The van der Waals surface area contributed by atoms with Crippen molar-refractivity contribution < 1.29 is 9.21 Å². The molecule has 3 rings (SSSR count). The minimum Gasteiger partial charge on any atom is -0.468 e. The van der Waals surface area contributed by atoms with Gasteiger partial charge in [-0.15, -0.1) is 0 Å². The Morgan fingerprint density at radius 1 is 1.26 bits per heavy atom. The number of nitrogens with one attached hydrogen (secondary N) is 1. The minimum atomic E-state index is 0.0340. The number of amides is 1. The molecule has 1 aliphatic rings. The molecule has 1 fully saturated rings. The topological polar surface area (TPSA) is 45.5 Å². The van der Waals surface area contributed by atoms with E-state index in [1.165, 1.54) is 0 Å². The van der Waals surface area contributed by atoms with Gasteiger partial charge in [0.15, 0.2) is 0 Å². The largest absolute Gasteiger partial charge is 0.468 e. The lowest BCUT2D eigenvalue weighted by atomic mass is 9.96. The summed E-state index contributed by atoms with van der Waals surface area (Å²) >= 11 is 0. The zero-order valence-corrected chi connectivity index (χ0v) is 13.6. The van der Waals surface area contributed by atoms with Gasteiger partial charge < -0.3 is 9.73 Å². The highest BCUT2D eigenvalue weighted by Gasteiger charge is 2.20. The fourth-order valence-electron chi connectivity index (χ4n) is 3.10. The molecule has 1 saturated heterocycles. The lowest BCUT2D eigenvalue weighted by molar-refractivity contribution is 0.0934. The maximum absolute atomic E-state index is 12.2. The van der Waals surface area contributed by atoms with Crippen molar-refractivity contribution in [2.24, 2.45) is 5.92 Å². The van der Waals surface area contributed by atoms with Gasteiger partial charge in [0.25, 0.3) is 5.91 Å². The van der Waals surface area contributed by atoms with E-state index in [-0.39, 0.29) is 5.91 Å². The molecule has 1 aromatic heterocycles. The number of carbonyl (C=O) groups excluding carboxylic acids is 1. The third-order valence-electron chi connectivity index (χ3n) is 4.50. The van der Waals surface area contributed by atoms with Crippen LogP contribution < -0.4 is 5.32 Å². The van der Waals surface area contributed by atoms with Gasteiger partial charge in [-0.1, -0.05) is 17.7 Å². The molecule has 1 amide bonds. The van der Waals surface area contributed by atoms with E-state index in [2.05, 4.69) is 10.2 Å². The summed E-state index contributed by atoms with van der Waals surface area (Å²) in [6, 6.07) is 11.7. The Hall–Kier alpha value is -2.07. The number of carbonyl (C=O) groups is 1. The number of benzene rings is 1. The van der Waals surface area contributed by atoms with Crippen LogP contribution in [0.4, 0.5) is 0 Å². The lowest BCUT2D eigenvalue weighted by Crippen LogP contribution is -2.38. The molecule has 2 heterocycles. The van der Waals surface area contributed by atoms with Crippen LogP contribution in [0.3, 0.4) is 0 Å². The van der Waals surface area contributed by atoms with Gasteiger partial charge in [0, 0.05) is 12.1 Å². The molecule has 1 aromatic carbocycles. The van der Waals surface area contributed by atoms with E-state index in [0.717, 1.165) is 55.9 Å². The number of rotatable bonds is 5. The van der Waals surface area contributed by atoms with Crippen molar-refractivity contribution in [2.45, 2.75) is 26.3 Å². The normalized spacial score (nSPS) is 16.4. The fourth-order valence-corrected chi connectivity index (χ4v) is 3.10. The fraction of sp³-hybridized carbons (Fsp3) is 0.421. The van der Waals surface area contributed by atoms with Crippen LogP contribution in [0.5, 0.6) is 0 Å². The molecule has 4 heteroatoms. The molecule has 1 N–H and O–H groups in total. The Labute approximate surface area is 137 Å². The molecule has 0 bridgehead atoms. The van der Waals surface area contributed by atoms with Crippen molar-refractivity contribution in [2.75, 3.05) is 19.6 Å². The molecule has 0 spiro atoms. The summed E-state index contributed by atoms with van der Waals surface area (Å²) in [4.78, 5) is 14.6. The maximum Gasteiger partial charge on any atom is 0.251 e. The minimum absolute atomic E-state index is 0.0340. The van der Waals surface area contributed by atoms with Crippen molar-refractivity contribution in [3.8, 4) is 0 Å². The average Bonchev–Trinajstić information content (AvgIpc) is 3.07. The van der Waals surface area contributed by atoms with Crippen LogP contribution in [0.1, 0.15) is 34.5 Å². The Morgan fingerprint density at radius 2 is 2.09 bits per heavy atom. The molecule has 2 aromatic rings. The first-order valence-corrected chi connectivity index (χ1v) is 8.30. The van der Waals surface area contributed by atoms with Crippen molar-refractivity contribution in [1.82, 2.24) is 10.2 Å². The van der Waals surface area contributed by atoms with Crippen LogP contribution in [0.25, 0.3) is 0 Å². The van der Waals surface area contributed by atoms with Gasteiger partial charge in [-0.05, 0) is 63.0 Å². The van der Waals surface area contributed by atoms with Gasteiger partial charge in [0.05, 0.1) is 12.8 Å². The zero-order valence-electron chi connectivity index (χ0n) is 13.6. The molecular formula is C19H24N2O2. The summed E-state index contributed by atoms with van der Waals surface area (Å²) in [5.41, 5.74) is 1.86. The molecule has 0 radical (unpaired) electrons. The summed E-state index contributed by atoms with van der Waals surface area (Å²) in [7, 11) is 0. The number of aryl methyl sites for hydroxylation is 1. The number of nitrogens with zero attached hydrogens (tertiary/aromatic N) is 1. The smallest absolute Gasteiger partial charge is 0.251 e. The Bertz CT molecular complexity index is 629. The summed E-state index contributed by atoms with van der Waals surface area (Å²) in [6.45, 7) is 5.78. The second-order valence-corrected chi connectivity index (χ2v) is 6.38. The first kappa shape index (κ1) is 15.8. The summed E-state index contributed by atoms with van der Waals surface area (Å²) in [5, 5.41) is 3.08. The van der Waals surface area contributed by atoms with E-state index in [9.17, 15) is 4.79 Å². The standard InChI is InChI=1S/C19H24N2O2/c1-15-4-2-5-17(12-15)19(22)20-13-16-7-9-21(10-8-16)14-18-6-3-11-23-18/h2-6,11-12,16H,7-10,13-14H2,1H3,(H,20,22). The van der Waals surface area contributed by atoms with E-state index in [4.69, 9.17) is 4.42 Å². The molecule has 0 aliphatic carbocycles. The third kappa shape index (κ3) is 4.45. The third-order valence-corrected chi connectivity index (χ3v) is 4.50. The van der Waals surface area contributed by atoms with E-state index < -0.39 is 0 Å². The van der Waals surface area contributed by atoms with Crippen molar-refractivity contribution in [1.29, 1.82) is 0 Å². The van der Waals surface area contributed by atoms with E-state index in [1.807, 2.05) is 43.3 Å². The predicted molar refractivity (Wildman–Crippen MR) is 90.2 cm³/mol. The molecule has 23 heavy (non-hydrogen) atoms. The number of hydrogen-bond donors (Lipinski definition) is 1. The van der Waals surface area contributed by atoms with Gasteiger partial charge in [-0.25, -0.2) is 0 Å². The molecule has 0 saturated carbocycles. The Balaban J connectivity index is 1.41.